The van der Waals surface area contributed by atoms with Crippen molar-refractivity contribution in [1.82, 2.24) is 0 Å². The Labute approximate surface area is 177 Å². The zero-order chi connectivity index (χ0) is 23.8. The van der Waals surface area contributed by atoms with E-state index in [0.717, 1.165) is 12.8 Å². The quantitative estimate of drug-likeness (QED) is 0.195. The van der Waals surface area contributed by atoms with Crippen molar-refractivity contribution in [2.24, 2.45) is 0 Å². The van der Waals surface area contributed by atoms with E-state index >= 15 is 0 Å². The van der Waals surface area contributed by atoms with Crippen molar-refractivity contribution in [2.75, 3.05) is 6.61 Å². The summed E-state index contributed by atoms with van der Waals surface area (Å²) >= 11 is 0. The third-order valence-corrected chi connectivity index (χ3v) is 3.67. The molecule has 0 aliphatic rings. The number of hydrogen-bond donors (Lipinski definition) is 6. The van der Waals surface area contributed by atoms with Gasteiger partial charge in [-0.15, -0.1) is 0 Å². The Bertz CT molecular complexity index is 387. The van der Waals surface area contributed by atoms with Crippen molar-refractivity contribution in [3.8, 4) is 0 Å². The number of aliphatic carboxylic acids is 4. The van der Waals surface area contributed by atoms with Gasteiger partial charge in [-0.25, -0.2) is 0 Å². The van der Waals surface area contributed by atoms with Gasteiger partial charge in [0.2, 0.25) is 0 Å². The second-order valence-electron chi connectivity index (χ2n) is 6.65. The fraction of sp³-hybridized carbons (Fsp3) is 0.800. The van der Waals surface area contributed by atoms with Gasteiger partial charge in [0.05, 0.1) is 6.10 Å². The molecule has 0 aliphatic carbocycles. The number of carboxylic acids is 4. The number of unbranched alkanes of at least 4 members (excludes halogenated alkanes) is 4. The molecule has 0 saturated heterocycles. The molecule has 30 heavy (non-hydrogen) atoms. The molecule has 0 spiro atoms. The molecule has 0 heterocycles. The number of aliphatic hydroxyl groups is 2. The molecule has 0 radical (unpaired) electrons. The van der Waals surface area contributed by atoms with Gasteiger partial charge in [0.1, 0.15) is 0 Å². The van der Waals surface area contributed by atoms with Crippen molar-refractivity contribution in [2.45, 2.75) is 96.5 Å². The molecule has 6 N–H and O–H groups in total. The Morgan fingerprint density at radius 1 is 0.600 bits per heavy atom. The van der Waals surface area contributed by atoms with Crippen LogP contribution in [0.3, 0.4) is 0 Å². The first-order valence-electron chi connectivity index (χ1n) is 10.2. The second-order valence-corrected chi connectivity index (χ2v) is 6.65. The standard InChI is InChI=1S/C8H18O2.2C6H10O4/c1-2-3-4-5-8(10)6-7-9;2*7-5(8)3-1-2-4-6(9)10/h8-10H,2-7H2,1H3;2*1-4H2,(H,7,8)(H,9,10). The topological polar surface area (TPSA) is 190 Å². The van der Waals surface area contributed by atoms with E-state index in [1.54, 1.807) is 0 Å². The maximum Gasteiger partial charge on any atom is 0.303 e. The maximum atomic E-state index is 9.90. The molecular weight excluding hydrogens is 400 g/mol. The summed E-state index contributed by atoms with van der Waals surface area (Å²) in [6, 6.07) is 0. The first kappa shape index (κ1) is 32.5. The number of hydrogen-bond acceptors (Lipinski definition) is 6. The normalized spacial score (nSPS) is 10.6. The number of carboxylic acid groups (broad SMARTS) is 4. The Kier molecular flexibility index (Phi) is 26.9. The summed E-state index contributed by atoms with van der Waals surface area (Å²) in [7, 11) is 0. The fourth-order valence-electron chi connectivity index (χ4n) is 2.03. The molecule has 178 valence electrons. The molecule has 0 aliphatic heterocycles. The van der Waals surface area contributed by atoms with E-state index < -0.39 is 23.9 Å². The Hall–Kier alpha value is -2.20. The minimum absolute atomic E-state index is 0.0628. The van der Waals surface area contributed by atoms with E-state index in [1.807, 2.05) is 0 Å². The van der Waals surface area contributed by atoms with Gasteiger partial charge in [0.15, 0.2) is 0 Å². The van der Waals surface area contributed by atoms with Crippen molar-refractivity contribution in [3.05, 3.63) is 0 Å². The molecule has 0 aromatic carbocycles. The van der Waals surface area contributed by atoms with Crippen LogP contribution in [-0.2, 0) is 19.2 Å². The summed E-state index contributed by atoms with van der Waals surface area (Å²) < 4.78 is 0. The van der Waals surface area contributed by atoms with Crippen LogP contribution in [0.5, 0.6) is 0 Å². The highest BCUT2D eigenvalue weighted by Crippen LogP contribution is 2.05. The van der Waals surface area contributed by atoms with Crippen LogP contribution in [0.25, 0.3) is 0 Å². The minimum atomic E-state index is -0.870. The van der Waals surface area contributed by atoms with E-state index in [1.165, 1.54) is 12.8 Å². The van der Waals surface area contributed by atoms with Crippen LogP contribution in [0.4, 0.5) is 0 Å². The largest absolute Gasteiger partial charge is 0.481 e. The van der Waals surface area contributed by atoms with Gasteiger partial charge < -0.3 is 30.6 Å². The molecule has 1 atom stereocenters. The minimum Gasteiger partial charge on any atom is -0.481 e. The molecule has 0 saturated carbocycles. The van der Waals surface area contributed by atoms with Crippen LogP contribution < -0.4 is 0 Å². The molecule has 0 aromatic rings. The third-order valence-electron chi connectivity index (χ3n) is 3.67. The molecule has 1 unspecified atom stereocenters. The third kappa shape index (κ3) is 40.5. The zero-order valence-corrected chi connectivity index (χ0v) is 17.8. The summed E-state index contributed by atoms with van der Waals surface area (Å²) in [6.07, 6.45) is 6.58. The van der Waals surface area contributed by atoms with Crippen LogP contribution >= 0.6 is 0 Å². The van der Waals surface area contributed by atoms with Crippen molar-refractivity contribution in [1.29, 1.82) is 0 Å². The number of aliphatic hydroxyl groups excluding tert-OH is 2. The van der Waals surface area contributed by atoms with Crippen LogP contribution in [0.15, 0.2) is 0 Å². The van der Waals surface area contributed by atoms with E-state index in [-0.39, 0.29) is 38.4 Å². The molecular formula is C20H38O10. The predicted molar refractivity (Wildman–Crippen MR) is 109 cm³/mol. The van der Waals surface area contributed by atoms with Gasteiger partial charge in [0.25, 0.3) is 0 Å². The maximum absolute atomic E-state index is 9.90. The lowest BCUT2D eigenvalue weighted by atomic mass is 10.1. The lowest BCUT2D eigenvalue weighted by Gasteiger charge is -2.06. The van der Waals surface area contributed by atoms with Crippen LogP contribution in [0.2, 0.25) is 0 Å². The Morgan fingerprint density at radius 3 is 1.17 bits per heavy atom. The molecule has 0 bridgehead atoms. The first-order valence-corrected chi connectivity index (χ1v) is 10.2. The SMILES string of the molecule is CCCCCC(O)CCO.O=C(O)CCCCC(=O)O.O=C(O)CCCCC(=O)O. The van der Waals surface area contributed by atoms with Gasteiger partial charge in [-0.1, -0.05) is 26.2 Å². The number of carbonyl (C=O) groups is 4. The first-order chi connectivity index (χ1) is 14.1. The lowest BCUT2D eigenvalue weighted by Crippen LogP contribution is -2.07. The van der Waals surface area contributed by atoms with E-state index in [0.29, 0.717) is 32.1 Å². The molecule has 0 amide bonds. The summed E-state index contributed by atoms with van der Waals surface area (Å²) in [5.74, 6) is -3.48. The van der Waals surface area contributed by atoms with Gasteiger partial charge in [-0.2, -0.15) is 0 Å². The smallest absolute Gasteiger partial charge is 0.303 e. The summed E-state index contributed by atoms with van der Waals surface area (Å²) in [4.78, 5) is 39.6. The zero-order valence-electron chi connectivity index (χ0n) is 17.8. The van der Waals surface area contributed by atoms with Crippen molar-refractivity contribution >= 4 is 23.9 Å². The summed E-state index contributed by atoms with van der Waals surface area (Å²) in [5.41, 5.74) is 0. The van der Waals surface area contributed by atoms with Crippen LogP contribution in [0, 0.1) is 0 Å². The van der Waals surface area contributed by atoms with Gasteiger partial charge in [-0.3, -0.25) is 19.2 Å². The molecule has 0 rings (SSSR count). The monoisotopic (exact) mass is 438 g/mol. The molecule has 10 heteroatoms. The fourth-order valence-corrected chi connectivity index (χ4v) is 2.03. The lowest BCUT2D eigenvalue weighted by molar-refractivity contribution is -0.139. The average Bonchev–Trinajstić information content (AvgIpc) is 2.63. The molecule has 10 nitrogen and oxygen atoms in total. The predicted octanol–water partition coefficient (Wildman–Crippen LogP) is 2.74. The van der Waals surface area contributed by atoms with Gasteiger partial charge in [0, 0.05) is 32.3 Å². The Balaban J connectivity index is -0.000000364. The van der Waals surface area contributed by atoms with Crippen molar-refractivity contribution < 1.29 is 49.8 Å². The van der Waals surface area contributed by atoms with E-state index in [4.69, 9.17) is 30.6 Å². The number of rotatable bonds is 16. The van der Waals surface area contributed by atoms with Crippen LogP contribution in [-0.4, -0.2) is 67.2 Å². The van der Waals surface area contributed by atoms with E-state index in [9.17, 15) is 19.2 Å². The Morgan fingerprint density at radius 2 is 0.933 bits per heavy atom. The highest BCUT2D eigenvalue weighted by atomic mass is 16.4. The highest BCUT2D eigenvalue weighted by Gasteiger charge is 2.01. The summed E-state index contributed by atoms with van der Waals surface area (Å²) in [6.45, 7) is 2.24. The van der Waals surface area contributed by atoms with Gasteiger partial charge in [-0.05, 0) is 38.5 Å². The van der Waals surface area contributed by atoms with Gasteiger partial charge >= 0.3 is 23.9 Å². The second kappa shape index (κ2) is 24.8. The molecule has 0 aromatic heterocycles. The summed E-state index contributed by atoms with van der Waals surface area (Å²) in [5, 5.41) is 50.1. The van der Waals surface area contributed by atoms with E-state index in [2.05, 4.69) is 6.92 Å². The van der Waals surface area contributed by atoms with Crippen molar-refractivity contribution in [3.63, 3.8) is 0 Å². The highest BCUT2D eigenvalue weighted by molar-refractivity contribution is 5.68. The van der Waals surface area contributed by atoms with Crippen LogP contribution in [0.1, 0.15) is 90.4 Å². The molecule has 0 fully saturated rings. The average molecular weight is 439 g/mol.